The topological polar surface area (TPSA) is 68.0 Å². The number of nitrogens with zero attached hydrogens (tertiary/aromatic N) is 3. The molecule has 1 N–H and O–H groups in total. The molecule has 5 heteroatoms. The third kappa shape index (κ3) is 2.94. The van der Waals surface area contributed by atoms with Crippen LogP contribution in [0.2, 0.25) is 0 Å². The second-order valence-electron chi connectivity index (χ2n) is 4.36. The number of aliphatic carboxylic acids is 1. The van der Waals surface area contributed by atoms with Gasteiger partial charge in [-0.2, -0.15) is 0 Å². The summed E-state index contributed by atoms with van der Waals surface area (Å²) in [7, 11) is 0. The SMILES string of the molecule is CC(CC(=O)O)Cc1nncn1-c1ccccc1. The quantitative estimate of drug-likeness (QED) is 0.873. The van der Waals surface area contributed by atoms with E-state index in [1.54, 1.807) is 6.33 Å². The first-order valence-electron chi connectivity index (χ1n) is 5.83. The number of hydrogen-bond donors (Lipinski definition) is 1. The third-order valence-corrected chi connectivity index (χ3v) is 2.71. The molecule has 2 aromatic rings. The number of rotatable bonds is 5. The Hall–Kier alpha value is -2.17. The summed E-state index contributed by atoms with van der Waals surface area (Å²) in [6, 6.07) is 9.77. The van der Waals surface area contributed by atoms with Gasteiger partial charge in [0.1, 0.15) is 12.2 Å². The summed E-state index contributed by atoms with van der Waals surface area (Å²) in [5.41, 5.74) is 0.986. The highest BCUT2D eigenvalue weighted by Gasteiger charge is 2.13. The van der Waals surface area contributed by atoms with Crippen molar-refractivity contribution in [1.82, 2.24) is 14.8 Å². The monoisotopic (exact) mass is 245 g/mol. The zero-order chi connectivity index (χ0) is 13.0. The minimum Gasteiger partial charge on any atom is -0.481 e. The molecule has 1 aromatic carbocycles. The van der Waals surface area contributed by atoms with Gasteiger partial charge < -0.3 is 5.11 Å². The van der Waals surface area contributed by atoms with Crippen LogP contribution in [0.4, 0.5) is 0 Å². The maximum absolute atomic E-state index is 10.7. The smallest absolute Gasteiger partial charge is 0.303 e. The number of benzene rings is 1. The zero-order valence-electron chi connectivity index (χ0n) is 10.2. The molecule has 0 bridgehead atoms. The Morgan fingerprint density at radius 3 is 2.78 bits per heavy atom. The third-order valence-electron chi connectivity index (χ3n) is 2.71. The highest BCUT2D eigenvalue weighted by atomic mass is 16.4. The Balaban J connectivity index is 2.16. The average molecular weight is 245 g/mol. The van der Waals surface area contributed by atoms with Crippen molar-refractivity contribution in [2.45, 2.75) is 19.8 Å². The lowest BCUT2D eigenvalue weighted by Gasteiger charge is -2.10. The number of para-hydroxylation sites is 1. The van der Waals surface area contributed by atoms with E-state index in [2.05, 4.69) is 10.2 Å². The van der Waals surface area contributed by atoms with Gasteiger partial charge in [-0.1, -0.05) is 25.1 Å². The summed E-state index contributed by atoms with van der Waals surface area (Å²) < 4.78 is 1.89. The fraction of sp³-hybridized carbons (Fsp3) is 0.308. The van der Waals surface area contributed by atoms with Gasteiger partial charge in [0.15, 0.2) is 0 Å². The van der Waals surface area contributed by atoms with Crippen molar-refractivity contribution >= 4 is 5.97 Å². The molecule has 0 radical (unpaired) electrons. The highest BCUT2D eigenvalue weighted by Crippen LogP contribution is 2.14. The first kappa shape index (κ1) is 12.3. The van der Waals surface area contributed by atoms with Crippen LogP contribution in [0.15, 0.2) is 36.7 Å². The summed E-state index contributed by atoms with van der Waals surface area (Å²) >= 11 is 0. The molecule has 0 amide bonds. The fourth-order valence-electron chi connectivity index (χ4n) is 1.88. The molecule has 0 aliphatic heterocycles. The molecule has 18 heavy (non-hydrogen) atoms. The average Bonchev–Trinajstić information content (AvgIpc) is 2.77. The van der Waals surface area contributed by atoms with Gasteiger partial charge >= 0.3 is 5.97 Å². The Labute approximate surface area is 105 Å². The molecular formula is C13H15N3O2. The number of carbonyl (C=O) groups is 1. The second kappa shape index (κ2) is 5.44. The van der Waals surface area contributed by atoms with Gasteiger partial charge in [0.25, 0.3) is 0 Å². The van der Waals surface area contributed by atoms with E-state index in [0.29, 0.717) is 6.42 Å². The van der Waals surface area contributed by atoms with E-state index in [1.807, 2.05) is 41.8 Å². The molecule has 0 saturated heterocycles. The first-order valence-corrected chi connectivity index (χ1v) is 5.83. The summed E-state index contributed by atoms with van der Waals surface area (Å²) in [4.78, 5) is 10.7. The molecule has 0 spiro atoms. The van der Waals surface area contributed by atoms with E-state index in [-0.39, 0.29) is 12.3 Å². The van der Waals surface area contributed by atoms with E-state index in [0.717, 1.165) is 11.5 Å². The van der Waals surface area contributed by atoms with Crippen LogP contribution in [0.3, 0.4) is 0 Å². The van der Waals surface area contributed by atoms with Crippen LogP contribution in [0.5, 0.6) is 0 Å². The standard InChI is InChI=1S/C13H15N3O2/c1-10(8-13(17)18)7-12-15-14-9-16(12)11-5-3-2-4-6-11/h2-6,9-10H,7-8H2,1H3,(H,17,18). The van der Waals surface area contributed by atoms with E-state index in [1.165, 1.54) is 0 Å². The van der Waals surface area contributed by atoms with Crippen molar-refractivity contribution in [3.05, 3.63) is 42.5 Å². The van der Waals surface area contributed by atoms with Crippen molar-refractivity contribution in [3.8, 4) is 5.69 Å². The summed E-state index contributed by atoms with van der Waals surface area (Å²) in [6.45, 7) is 1.90. The number of hydrogen-bond acceptors (Lipinski definition) is 3. The molecule has 1 aromatic heterocycles. The number of carboxylic acid groups (broad SMARTS) is 1. The maximum Gasteiger partial charge on any atom is 0.303 e. The van der Waals surface area contributed by atoms with Gasteiger partial charge in [-0.25, -0.2) is 0 Å². The molecule has 1 heterocycles. The highest BCUT2D eigenvalue weighted by molar-refractivity contribution is 5.66. The lowest BCUT2D eigenvalue weighted by Crippen LogP contribution is -2.10. The van der Waals surface area contributed by atoms with Crippen molar-refractivity contribution in [1.29, 1.82) is 0 Å². The normalized spacial score (nSPS) is 12.3. The van der Waals surface area contributed by atoms with E-state index < -0.39 is 5.97 Å². The van der Waals surface area contributed by atoms with E-state index in [4.69, 9.17) is 5.11 Å². The molecule has 2 rings (SSSR count). The van der Waals surface area contributed by atoms with E-state index in [9.17, 15) is 4.79 Å². The molecule has 1 unspecified atom stereocenters. The zero-order valence-corrected chi connectivity index (χ0v) is 10.2. The molecule has 0 fully saturated rings. The van der Waals surface area contributed by atoms with Crippen molar-refractivity contribution < 1.29 is 9.90 Å². The van der Waals surface area contributed by atoms with Crippen molar-refractivity contribution in [2.75, 3.05) is 0 Å². The van der Waals surface area contributed by atoms with Gasteiger partial charge in [-0.3, -0.25) is 9.36 Å². The molecule has 0 aliphatic rings. The second-order valence-corrected chi connectivity index (χ2v) is 4.36. The van der Waals surface area contributed by atoms with Crippen LogP contribution in [0, 0.1) is 5.92 Å². The van der Waals surface area contributed by atoms with Crippen LogP contribution in [0.25, 0.3) is 5.69 Å². The fourth-order valence-corrected chi connectivity index (χ4v) is 1.88. The number of aromatic nitrogens is 3. The molecule has 0 aliphatic carbocycles. The predicted molar refractivity (Wildman–Crippen MR) is 66.5 cm³/mol. The van der Waals surface area contributed by atoms with Gasteiger partial charge in [0, 0.05) is 18.5 Å². The molecule has 0 saturated carbocycles. The van der Waals surface area contributed by atoms with Crippen LogP contribution in [-0.4, -0.2) is 25.8 Å². The summed E-state index contributed by atoms with van der Waals surface area (Å²) in [5, 5.41) is 16.7. The Kier molecular flexibility index (Phi) is 3.72. The van der Waals surface area contributed by atoms with Crippen LogP contribution in [0.1, 0.15) is 19.2 Å². The molecular weight excluding hydrogens is 230 g/mol. The molecule has 94 valence electrons. The van der Waals surface area contributed by atoms with E-state index >= 15 is 0 Å². The lowest BCUT2D eigenvalue weighted by atomic mass is 10.0. The lowest BCUT2D eigenvalue weighted by molar-refractivity contribution is -0.137. The Bertz CT molecular complexity index is 522. The minimum atomic E-state index is -0.784. The summed E-state index contributed by atoms with van der Waals surface area (Å²) in [5.74, 6) is 0.0392. The molecule has 5 nitrogen and oxygen atoms in total. The summed E-state index contributed by atoms with van der Waals surface area (Å²) in [6.07, 6.45) is 2.39. The Morgan fingerprint density at radius 2 is 2.11 bits per heavy atom. The largest absolute Gasteiger partial charge is 0.481 e. The number of carboxylic acids is 1. The van der Waals surface area contributed by atoms with Crippen molar-refractivity contribution in [3.63, 3.8) is 0 Å². The van der Waals surface area contributed by atoms with Crippen LogP contribution in [-0.2, 0) is 11.2 Å². The van der Waals surface area contributed by atoms with Gasteiger partial charge in [-0.15, -0.1) is 10.2 Å². The maximum atomic E-state index is 10.7. The predicted octanol–water partition coefficient (Wildman–Crippen LogP) is 1.92. The van der Waals surface area contributed by atoms with Crippen LogP contribution < -0.4 is 0 Å². The Morgan fingerprint density at radius 1 is 1.39 bits per heavy atom. The first-order chi connectivity index (χ1) is 8.66. The van der Waals surface area contributed by atoms with Gasteiger partial charge in [0.05, 0.1) is 0 Å². The van der Waals surface area contributed by atoms with Crippen LogP contribution >= 0.6 is 0 Å². The molecule has 1 atom stereocenters. The van der Waals surface area contributed by atoms with Crippen molar-refractivity contribution in [2.24, 2.45) is 5.92 Å². The van der Waals surface area contributed by atoms with Gasteiger partial charge in [-0.05, 0) is 18.1 Å². The van der Waals surface area contributed by atoms with Gasteiger partial charge in [0.2, 0.25) is 0 Å². The minimum absolute atomic E-state index is 0.0363.